The Kier molecular flexibility index (Phi) is 5.49. The average Bonchev–Trinajstić information content (AvgIpc) is 2.54. The van der Waals surface area contributed by atoms with Crippen molar-refractivity contribution in [2.45, 2.75) is 39.5 Å². The fourth-order valence-corrected chi connectivity index (χ4v) is 3.14. The number of hydrogen-bond donors (Lipinski definition) is 0. The molecule has 2 atom stereocenters. The summed E-state index contributed by atoms with van der Waals surface area (Å²) in [5.74, 6) is 1.12. The predicted molar refractivity (Wildman–Crippen MR) is 98.1 cm³/mol. The van der Waals surface area contributed by atoms with Crippen LogP contribution in [0.1, 0.15) is 54.0 Å². The van der Waals surface area contributed by atoms with Gasteiger partial charge in [0, 0.05) is 0 Å². The first-order valence-corrected chi connectivity index (χ1v) is 8.20. The second-order valence-electron chi connectivity index (χ2n) is 6.24. The topological polar surface area (TPSA) is 0 Å². The van der Waals surface area contributed by atoms with Gasteiger partial charge in [0.2, 0.25) is 0 Å². The lowest BCUT2D eigenvalue weighted by molar-refractivity contribution is 0.441. The molecule has 116 valence electrons. The highest BCUT2D eigenvalue weighted by atomic mass is 14.3. The monoisotopic (exact) mass is 291 g/mol. The van der Waals surface area contributed by atoms with Gasteiger partial charge < -0.3 is 0 Å². The average molecular weight is 291 g/mol. The summed E-state index contributed by atoms with van der Waals surface area (Å²) in [6.07, 6.45) is 4.16. The zero-order chi connectivity index (χ0) is 16.1. The molecule has 0 aromatic heterocycles. The summed E-state index contributed by atoms with van der Waals surface area (Å²) in [7, 11) is 0. The molecule has 0 heteroatoms. The van der Waals surface area contributed by atoms with E-state index in [1.165, 1.54) is 23.1 Å². The molecule has 0 saturated carbocycles. The van der Waals surface area contributed by atoms with Crippen molar-refractivity contribution in [3.63, 3.8) is 0 Å². The van der Waals surface area contributed by atoms with E-state index in [0.29, 0.717) is 11.8 Å². The first-order valence-electron chi connectivity index (χ1n) is 8.20. The molecule has 0 aliphatic heterocycles. The van der Waals surface area contributed by atoms with Crippen LogP contribution in [-0.4, -0.2) is 0 Å². The molecule has 0 N–H and O–H groups in total. The summed E-state index contributed by atoms with van der Waals surface area (Å²) in [6, 6.07) is 15.2. The van der Waals surface area contributed by atoms with Crippen LogP contribution in [0.4, 0.5) is 0 Å². The van der Waals surface area contributed by atoms with E-state index in [-0.39, 0.29) is 0 Å². The molecule has 2 aromatic carbocycles. The third kappa shape index (κ3) is 3.44. The van der Waals surface area contributed by atoms with E-state index in [0.717, 1.165) is 17.5 Å². The molecule has 0 fully saturated rings. The summed E-state index contributed by atoms with van der Waals surface area (Å²) < 4.78 is 0. The quantitative estimate of drug-likeness (QED) is 0.556. The van der Waals surface area contributed by atoms with E-state index in [2.05, 4.69) is 76.7 Å². The van der Waals surface area contributed by atoms with Crippen LogP contribution in [0.3, 0.4) is 0 Å². The second kappa shape index (κ2) is 7.35. The van der Waals surface area contributed by atoms with Gasteiger partial charge in [-0.05, 0) is 30.4 Å². The molecule has 2 rings (SSSR count). The van der Waals surface area contributed by atoms with Crippen LogP contribution in [0.5, 0.6) is 0 Å². The Morgan fingerprint density at radius 3 is 2.50 bits per heavy atom. The largest absolute Gasteiger partial charge is 0.198 e. The maximum Gasteiger partial charge on any atom is -0.0310 e. The van der Waals surface area contributed by atoms with Crippen molar-refractivity contribution in [3.05, 3.63) is 83.8 Å². The van der Waals surface area contributed by atoms with Crippen molar-refractivity contribution < 1.29 is 0 Å². The Hall–Kier alpha value is -1.95. The van der Waals surface area contributed by atoms with Gasteiger partial charge in [0.25, 0.3) is 0 Å². The van der Waals surface area contributed by atoms with Crippen molar-refractivity contribution in [1.82, 2.24) is 0 Å². The molecule has 0 amide bonds. The minimum absolute atomic E-state index is 0.499. The Bertz CT molecular complexity index is 636. The highest BCUT2D eigenvalue weighted by Crippen LogP contribution is 2.34. The Morgan fingerprint density at radius 2 is 1.86 bits per heavy atom. The molecule has 0 aliphatic carbocycles. The van der Waals surface area contributed by atoms with E-state index in [1.807, 2.05) is 6.08 Å². The first-order chi connectivity index (χ1) is 10.6. The molecule has 0 saturated heterocycles. The minimum Gasteiger partial charge on any atom is -0.198 e. The van der Waals surface area contributed by atoms with Crippen molar-refractivity contribution >= 4 is 6.08 Å². The Labute approximate surface area is 135 Å². The van der Waals surface area contributed by atoms with Crippen molar-refractivity contribution in [2.75, 3.05) is 0 Å². The van der Waals surface area contributed by atoms with Gasteiger partial charge in [-0.15, -0.1) is 35.9 Å². The standard InChI is InChI=1S/C22H27/c1-6-16(3)22(15-20-12-9-8-11-17(20)4)21-14-10-13-19(7-2)18(21)5/h7-14,16,22H,2,5-6,15H2,1,3-4H3/q-1. The van der Waals surface area contributed by atoms with Gasteiger partial charge in [0.15, 0.2) is 0 Å². The third-order valence-corrected chi connectivity index (χ3v) is 4.90. The van der Waals surface area contributed by atoms with E-state index >= 15 is 0 Å². The zero-order valence-corrected chi connectivity index (χ0v) is 14.1. The van der Waals surface area contributed by atoms with Crippen LogP contribution >= 0.6 is 0 Å². The van der Waals surface area contributed by atoms with Crippen LogP contribution in [0, 0.1) is 19.8 Å². The molecule has 2 unspecified atom stereocenters. The van der Waals surface area contributed by atoms with Gasteiger partial charge in [-0.2, -0.15) is 12.5 Å². The van der Waals surface area contributed by atoms with Crippen LogP contribution < -0.4 is 0 Å². The number of rotatable bonds is 6. The first kappa shape index (κ1) is 16.4. The summed E-state index contributed by atoms with van der Waals surface area (Å²) in [4.78, 5) is 0. The lowest BCUT2D eigenvalue weighted by Crippen LogP contribution is -2.14. The summed E-state index contributed by atoms with van der Waals surface area (Å²) >= 11 is 0. The molecule has 0 spiro atoms. The summed E-state index contributed by atoms with van der Waals surface area (Å²) in [6.45, 7) is 15.1. The van der Waals surface area contributed by atoms with E-state index < -0.39 is 0 Å². The van der Waals surface area contributed by atoms with Gasteiger partial charge in [0.05, 0.1) is 0 Å². The SMILES string of the molecule is C=Cc1cccc(C(Cc2ccccc2C)C(C)CC)c1[CH2-]. The maximum absolute atomic E-state index is 4.32. The van der Waals surface area contributed by atoms with E-state index in [4.69, 9.17) is 0 Å². The van der Waals surface area contributed by atoms with Gasteiger partial charge in [0.1, 0.15) is 0 Å². The lowest BCUT2D eigenvalue weighted by Gasteiger charge is -2.31. The van der Waals surface area contributed by atoms with Crippen LogP contribution in [-0.2, 0) is 6.42 Å². The van der Waals surface area contributed by atoms with Crippen LogP contribution in [0.2, 0.25) is 0 Å². The fraction of sp³-hybridized carbons (Fsp3) is 0.318. The summed E-state index contributed by atoms with van der Waals surface area (Å²) in [5, 5.41) is 0. The van der Waals surface area contributed by atoms with Gasteiger partial charge in [-0.25, -0.2) is 0 Å². The van der Waals surface area contributed by atoms with Crippen molar-refractivity contribution in [3.8, 4) is 0 Å². The molecule has 0 aliphatic rings. The lowest BCUT2D eigenvalue weighted by atomic mass is 9.78. The highest BCUT2D eigenvalue weighted by molar-refractivity contribution is 5.56. The molecule has 0 bridgehead atoms. The van der Waals surface area contributed by atoms with E-state index in [9.17, 15) is 0 Å². The van der Waals surface area contributed by atoms with E-state index in [1.54, 1.807) is 0 Å². The van der Waals surface area contributed by atoms with Gasteiger partial charge in [-0.1, -0.05) is 56.5 Å². The van der Waals surface area contributed by atoms with Crippen molar-refractivity contribution in [2.24, 2.45) is 5.92 Å². The third-order valence-electron chi connectivity index (χ3n) is 4.90. The van der Waals surface area contributed by atoms with Gasteiger partial charge >= 0.3 is 0 Å². The molecular weight excluding hydrogens is 264 g/mol. The van der Waals surface area contributed by atoms with Gasteiger partial charge in [-0.3, -0.25) is 0 Å². The maximum atomic E-state index is 4.32. The second-order valence-corrected chi connectivity index (χ2v) is 6.24. The van der Waals surface area contributed by atoms with Crippen LogP contribution in [0.25, 0.3) is 6.08 Å². The Morgan fingerprint density at radius 1 is 1.14 bits per heavy atom. The number of hydrogen-bond acceptors (Lipinski definition) is 0. The molecule has 22 heavy (non-hydrogen) atoms. The molecule has 0 radical (unpaired) electrons. The fourth-order valence-electron chi connectivity index (χ4n) is 3.14. The normalized spacial score (nSPS) is 13.6. The molecular formula is C22H27-. The highest BCUT2D eigenvalue weighted by Gasteiger charge is 2.17. The minimum atomic E-state index is 0.499. The molecule has 2 aromatic rings. The number of benzene rings is 2. The smallest absolute Gasteiger partial charge is 0.0310 e. The number of aryl methyl sites for hydroxylation is 1. The van der Waals surface area contributed by atoms with Crippen molar-refractivity contribution in [1.29, 1.82) is 0 Å². The zero-order valence-electron chi connectivity index (χ0n) is 14.1. The predicted octanol–water partition coefficient (Wildman–Crippen LogP) is 6.19. The summed E-state index contributed by atoms with van der Waals surface area (Å²) in [5.41, 5.74) is 6.47. The van der Waals surface area contributed by atoms with Crippen LogP contribution in [0.15, 0.2) is 49.0 Å². The Balaban J connectivity index is 2.43. The molecule has 0 heterocycles. The molecule has 0 nitrogen and oxygen atoms in total.